The number of amides is 5. The molecular weight excluding hydrogens is 813 g/mol. The average molecular weight is 873 g/mol. The number of benzene rings is 1. The van der Waals surface area contributed by atoms with Crippen LogP contribution in [0.2, 0.25) is 0 Å². The lowest BCUT2D eigenvalue weighted by Crippen LogP contribution is -2.59. The van der Waals surface area contributed by atoms with Crippen molar-refractivity contribution in [2.75, 3.05) is 32.1 Å². The van der Waals surface area contributed by atoms with Crippen LogP contribution in [0.1, 0.15) is 92.4 Å². The molecule has 6 atom stereocenters. The Morgan fingerprint density at radius 1 is 1.08 bits per heavy atom. The molecule has 4 aliphatic rings. The van der Waals surface area contributed by atoms with Crippen molar-refractivity contribution in [3.63, 3.8) is 0 Å². The Hall–Kier alpha value is -5.45. The van der Waals surface area contributed by atoms with Gasteiger partial charge >= 0.3 is 12.0 Å². The van der Waals surface area contributed by atoms with Crippen LogP contribution in [0, 0.1) is 11.3 Å². The van der Waals surface area contributed by atoms with Gasteiger partial charge in [-0.25, -0.2) is 19.6 Å². The quantitative estimate of drug-likeness (QED) is 0.148. The molecule has 1 unspecified atom stereocenters. The third-order valence-electron chi connectivity index (χ3n) is 12.3. The van der Waals surface area contributed by atoms with Crippen molar-refractivity contribution >= 4 is 57.1 Å². The topological polar surface area (TPSA) is 204 Å². The summed E-state index contributed by atoms with van der Waals surface area (Å²) in [5, 5.41) is 25.9. The number of anilines is 1. The zero-order valence-corrected chi connectivity index (χ0v) is 37.3. The van der Waals surface area contributed by atoms with E-state index in [-0.39, 0.29) is 37.3 Å². The number of hydrogen-bond acceptors (Lipinski definition) is 11. The maximum Gasteiger partial charge on any atom is 0.330 e. The summed E-state index contributed by atoms with van der Waals surface area (Å²) in [6.45, 7) is 11.0. The first kappa shape index (κ1) is 44.6. The molecule has 5 heterocycles. The van der Waals surface area contributed by atoms with Gasteiger partial charge in [-0.05, 0) is 63.5 Å². The van der Waals surface area contributed by atoms with Crippen molar-refractivity contribution in [2.24, 2.45) is 11.3 Å². The second-order valence-corrected chi connectivity index (χ2v) is 19.2. The SMILES string of the molecule is COc1ccc2c(O[C@@H]3C[C@H]4C(=O)N[C@]5(C(=O)O)CC5C=CCCCCC[C@H](NC(=O)N[C@H](CN5CCCC5=O)C(C)(C)C)C(=O)N4C3)cc(-c3csc(NC(C)C)n3)nc2c1. The molecule has 3 fully saturated rings. The maximum absolute atomic E-state index is 14.9. The van der Waals surface area contributed by atoms with E-state index in [1.807, 2.05) is 58.2 Å². The van der Waals surface area contributed by atoms with E-state index in [0.717, 1.165) is 30.8 Å². The highest BCUT2D eigenvalue weighted by Crippen LogP contribution is 2.45. The van der Waals surface area contributed by atoms with Gasteiger partial charge < -0.3 is 45.6 Å². The minimum Gasteiger partial charge on any atom is -0.497 e. The van der Waals surface area contributed by atoms with Crippen LogP contribution in [-0.2, 0) is 19.2 Å². The summed E-state index contributed by atoms with van der Waals surface area (Å²) >= 11 is 1.46. The predicted molar refractivity (Wildman–Crippen MR) is 236 cm³/mol. The van der Waals surface area contributed by atoms with Crippen molar-refractivity contribution in [1.29, 1.82) is 0 Å². The molecule has 0 spiro atoms. The summed E-state index contributed by atoms with van der Waals surface area (Å²) in [5.74, 6) is -1.45. The van der Waals surface area contributed by atoms with Gasteiger partial charge in [0.05, 0.1) is 30.9 Å². The number of nitrogens with one attached hydrogen (secondary N) is 4. The van der Waals surface area contributed by atoms with Crippen LogP contribution >= 0.6 is 11.3 Å². The Labute approximate surface area is 366 Å². The standard InChI is InChI=1S/C45H60N8O8S/c1-26(2)46-43-49-34(25-62-43)33-21-36(30-17-16-28(60-6)19-32(30)47-33)61-29-20-35-39(55)51-45(41(57)58)22-27(45)13-10-8-7-9-11-14-31(40(56)53(35)23-29)48-42(59)50-37(44(3,4)5)24-52-18-12-15-38(52)54/h10,13,16-17,19,21,25-27,29,31,35,37H,7-9,11-12,14-15,18,20,22-24H2,1-6H3,(H,46,49)(H,51,55)(H,57,58)(H2,48,50,59)/t27?,29-,31+,35+,37-,45-/m1/s1. The fourth-order valence-electron chi connectivity index (χ4n) is 8.57. The summed E-state index contributed by atoms with van der Waals surface area (Å²) in [7, 11) is 1.58. The van der Waals surface area contributed by atoms with Crippen LogP contribution in [0.5, 0.6) is 11.5 Å². The molecule has 7 rings (SSSR count). The molecule has 16 nitrogen and oxygen atoms in total. The van der Waals surface area contributed by atoms with E-state index in [1.165, 1.54) is 16.2 Å². The van der Waals surface area contributed by atoms with Crippen LogP contribution in [0.4, 0.5) is 9.93 Å². The predicted octanol–water partition coefficient (Wildman–Crippen LogP) is 5.72. The van der Waals surface area contributed by atoms with Gasteiger partial charge in [0.2, 0.25) is 17.7 Å². The molecule has 1 aliphatic carbocycles. The lowest BCUT2D eigenvalue weighted by atomic mass is 9.86. The van der Waals surface area contributed by atoms with E-state index in [2.05, 4.69) is 21.3 Å². The highest BCUT2D eigenvalue weighted by atomic mass is 32.1. The largest absolute Gasteiger partial charge is 0.497 e. The van der Waals surface area contributed by atoms with Gasteiger partial charge in [-0.3, -0.25) is 14.4 Å². The summed E-state index contributed by atoms with van der Waals surface area (Å²) in [6, 6.07) is 4.40. The first-order valence-corrected chi connectivity index (χ1v) is 22.7. The van der Waals surface area contributed by atoms with Gasteiger partial charge in [0, 0.05) is 60.8 Å². The number of methoxy groups -OCH3 is 1. The average Bonchev–Trinajstić information content (AvgIpc) is 3.55. The number of pyridine rings is 1. The van der Waals surface area contributed by atoms with Gasteiger partial charge in [-0.2, -0.15) is 0 Å². The first-order chi connectivity index (χ1) is 29.5. The molecule has 2 saturated heterocycles. The number of ether oxygens (including phenoxy) is 2. The second kappa shape index (κ2) is 18.5. The van der Waals surface area contributed by atoms with Crippen molar-refractivity contribution in [1.82, 2.24) is 35.7 Å². The van der Waals surface area contributed by atoms with Gasteiger partial charge in [-0.1, -0.05) is 45.8 Å². The molecule has 334 valence electrons. The van der Waals surface area contributed by atoms with Crippen molar-refractivity contribution < 1.29 is 38.6 Å². The van der Waals surface area contributed by atoms with Gasteiger partial charge in [0.25, 0.3) is 0 Å². The molecule has 0 bridgehead atoms. The van der Waals surface area contributed by atoms with Crippen LogP contribution in [0.3, 0.4) is 0 Å². The lowest BCUT2D eigenvalue weighted by molar-refractivity contribution is -0.145. The fraction of sp³-hybridized carbons (Fsp3) is 0.578. The molecule has 62 heavy (non-hydrogen) atoms. The Morgan fingerprint density at radius 3 is 2.60 bits per heavy atom. The number of carboxylic acids is 1. The molecule has 3 aliphatic heterocycles. The fourth-order valence-corrected chi connectivity index (χ4v) is 9.43. The number of aromatic nitrogens is 2. The van der Waals surface area contributed by atoms with Gasteiger partial charge in [0.1, 0.15) is 40.9 Å². The molecule has 0 radical (unpaired) electrons. The third kappa shape index (κ3) is 10.1. The Balaban J connectivity index is 1.19. The normalized spacial score (nSPS) is 25.0. The minimum absolute atomic E-state index is 0.00370. The second-order valence-electron chi connectivity index (χ2n) is 18.4. The number of carbonyl (C=O) groups is 5. The number of allylic oxidation sites excluding steroid dienone is 1. The van der Waals surface area contributed by atoms with E-state index in [4.69, 9.17) is 19.4 Å². The van der Waals surface area contributed by atoms with Crippen LogP contribution in [0.15, 0.2) is 41.8 Å². The van der Waals surface area contributed by atoms with E-state index in [1.54, 1.807) is 30.2 Å². The number of thiazole rings is 1. The molecule has 1 saturated carbocycles. The van der Waals surface area contributed by atoms with E-state index >= 15 is 0 Å². The van der Waals surface area contributed by atoms with Crippen molar-refractivity contribution in [2.45, 2.75) is 128 Å². The Kier molecular flexibility index (Phi) is 13.3. The zero-order chi connectivity index (χ0) is 44.3. The monoisotopic (exact) mass is 872 g/mol. The molecule has 3 aromatic rings. The molecule has 5 amide bonds. The van der Waals surface area contributed by atoms with Crippen molar-refractivity contribution in [3.8, 4) is 22.9 Å². The van der Waals surface area contributed by atoms with Crippen molar-refractivity contribution in [3.05, 3.63) is 41.8 Å². The first-order valence-electron chi connectivity index (χ1n) is 21.8. The van der Waals surface area contributed by atoms with E-state index in [0.29, 0.717) is 66.1 Å². The highest BCUT2D eigenvalue weighted by molar-refractivity contribution is 7.14. The minimum atomic E-state index is -1.48. The van der Waals surface area contributed by atoms with E-state index < -0.39 is 59.0 Å². The molecular formula is C45H60N8O8S. The number of urea groups is 1. The Morgan fingerprint density at radius 2 is 1.89 bits per heavy atom. The number of aliphatic carboxylic acids is 1. The Bertz CT molecular complexity index is 2200. The summed E-state index contributed by atoms with van der Waals surface area (Å²) < 4.78 is 12.3. The number of carboxylic acid groups (broad SMARTS) is 1. The lowest BCUT2D eigenvalue weighted by Gasteiger charge is -2.35. The maximum atomic E-state index is 14.9. The van der Waals surface area contributed by atoms with Crippen LogP contribution < -0.4 is 30.7 Å². The highest BCUT2D eigenvalue weighted by Gasteiger charge is 2.61. The summed E-state index contributed by atoms with van der Waals surface area (Å²) in [4.78, 5) is 81.3. The summed E-state index contributed by atoms with van der Waals surface area (Å²) in [5.41, 5.74) is -0.0911. The zero-order valence-electron chi connectivity index (χ0n) is 36.5. The van der Waals surface area contributed by atoms with Gasteiger partial charge in [-0.15, -0.1) is 11.3 Å². The number of likely N-dealkylation sites (tertiary alicyclic amines) is 1. The van der Waals surface area contributed by atoms with Gasteiger partial charge in [0.15, 0.2) is 5.13 Å². The number of nitrogens with zero attached hydrogens (tertiary/aromatic N) is 4. The number of carbonyl (C=O) groups excluding carboxylic acids is 4. The smallest absolute Gasteiger partial charge is 0.330 e. The molecule has 5 N–H and O–H groups in total. The van der Waals surface area contributed by atoms with Crippen LogP contribution in [-0.4, -0.2) is 117 Å². The number of hydrogen-bond donors (Lipinski definition) is 5. The number of fused-ring (bicyclic) bond motifs is 3. The molecule has 1 aromatic carbocycles. The number of rotatable bonds is 11. The van der Waals surface area contributed by atoms with Crippen LogP contribution in [0.25, 0.3) is 22.3 Å². The molecule has 17 heteroatoms. The van der Waals surface area contributed by atoms with E-state index in [9.17, 15) is 29.1 Å². The molecule has 2 aromatic heterocycles. The summed E-state index contributed by atoms with van der Waals surface area (Å²) in [6.07, 6.45) is 7.96. The third-order valence-corrected chi connectivity index (χ3v) is 13.1.